The Morgan fingerprint density at radius 1 is 1.45 bits per heavy atom. The number of hydrogen-bond acceptors (Lipinski definition) is 4. The molecule has 1 aromatic heterocycles. The molecule has 2 aromatic rings. The Hall–Kier alpha value is -1.40. The lowest BCUT2D eigenvalue weighted by Crippen LogP contribution is -2.21. The molecule has 20 heavy (non-hydrogen) atoms. The molecule has 0 aliphatic rings. The molecule has 1 heterocycles. The van der Waals surface area contributed by atoms with E-state index in [9.17, 15) is 9.18 Å². The number of esters is 1. The van der Waals surface area contributed by atoms with Crippen LogP contribution in [0.2, 0.25) is 0 Å². The predicted molar refractivity (Wildman–Crippen MR) is 81.5 cm³/mol. The van der Waals surface area contributed by atoms with Crippen LogP contribution < -0.4 is 5.32 Å². The zero-order valence-electron chi connectivity index (χ0n) is 10.9. The molecule has 6 heteroatoms. The number of methoxy groups -OCH3 is 1. The number of halogens is 2. The molecule has 1 aromatic carbocycles. The average molecular weight is 358 g/mol. The lowest BCUT2D eigenvalue weighted by Gasteiger charge is -2.17. The van der Waals surface area contributed by atoms with Gasteiger partial charge in [-0.2, -0.15) is 0 Å². The minimum absolute atomic E-state index is 0.346. The normalized spacial score (nSPS) is 12.0. The molecule has 0 spiro atoms. The van der Waals surface area contributed by atoms with Gasteiger partial charge in [-0.15, -0.1) is 11.3 Å². The summed E-state index contributed by atoms with van der Waals surface area (Å²) in [6.45, 7) is 1.79. The average Bonchev–Trinajstić information content (AvgIpc) is 2.80. The second-order valence-electron chi connectivity index (χ2n) is 4.25. The lowest BCUT2D eigenvalue weighted by molar-refractivity contribution is -0.141. The van der Waals surface area contributed by atoms with Gasteiger partial charge in [0.05, 0.1) is 12.0 Å². The molecular weight excluding hydrogens is 345 g/mol. The SMILES string of the molecule is COC(=O)C(Nc1cc(C)cc(F)c1)c1sccc1Br. The second-order valence-corrected chi connectivity index (χ2v) is 6.05. The van der Waals surface area contributed by atoms with Crippen molar-refractivity contribution >= 4 is 38.9 Å². The summed E-state index contributed by atoms with van der Waals surface area (Å²) in [5.74, 6) is -0.767. The van der Waals surface area contributed by atoms with Crippen LogP contribution in [0.1, 0.15) is 16.5 Å². The van der Waals surface area contributed by atoms with E-state index in [1.165, 1.54) is 30.6 Å². The van der Waals surface area contributed by atoms with Crippen molar-refractivity contribution in [1.82, 2.24) is 0 Å². The van der Waals surface area contributed by atoms with Gasteiger partial charge >= 0.3 is 5.97 Å². The minimum atomic E-state index is -0.671. The maximum Gasteiger partial charge on any atom is 0.333 e. The van der Waals surface area contributed by atoms with Crippen LogP contribution in [0, 0.1) is 12.7 Å². The predicted octanol–water partition coefficient (Wildman–Crippen LogP) is 4.28. The third kappa shape index (κ3) is 3.37. The highest BCUT2D eigenvalue weighted by Crippen LogP contribution is 2.32. The van der Waals surface area contributed by atoms with Gasteiger partial charge in [0.1, 0.15) is 5.82 Å². The van der Waals surface area contributed by atoms with Gasteiger partial charge < -0.3 is 10.1 Å². The number of hydrogen-bond donors (Lipinski definition) is 1. The first-order valence-electron chi connectivity index (χ1n) is 5.85. The van der Waals surface area contributed by atoms with Gasteiger partial charge in [-0.3, -0.25) is 0 Å². The second kappa shape index (κ2) is 6.37. The highest BCUT2D eigenvalue weighted by Gasteiger charge is 2.25. The van der Waals surface area contributed by atoms with Gasteiger partial charge in [0.25, 0.3) is 0 Å². The van der Waals surface area contributed by atoms with E-state index < -0.39 is 12.0 Å². The fourth-order valence-corrected chi connectivity index (χ4v) is 3.49. The Morgan fingerprint density at radius 2 is 2.20 bits per heavy atom. The van der Waals surface area contributed by atoms with Crippen molar-refractivity contribution in [1.29, 1.82) is 0 Å². The van der Waals surface area contributed by atoms with Gasteiger partial charge in [0, 0.05) is 10.2 Å². The van der Waals surface area contributed by atoms with Crippen LogP contribution in [0.4, 0.5) is 10.1 Å². The van der Waals surface area contributed by atoms with E-state index in [0.717, 1.165) is 14.9 Å². The van der Waals surface area contributed by atoms with Gasteiger partial charge in [0.2, 0.25) is 0 Å². The molecule has 106 valence electrons. The van der Waals surface area contributed by atoms with Crippen LogP contribution in [-0.2, 0) is 9.53 Å². The summed E-state index contributed by atoms with van der Waals surface area (Å²) in [4.78, 5) is 12.7. The topological polar surface area (TPSA) is 38.3 Å². The Kier molecular flexibility index (Phi) is 4.77. The molecule has 0 amide bonds. The molecule has 2 rings (SSSR count). The van der Waals surface area contributed by atoms with Crippen LogP contribution in [0.5, 0.6) is 0 Å². The fourth-order valence-electron chi connectivity index (χ4n) is 1.85. The summed E-state index contributed by atoms with van der Waals surface area (Å²) in [6, 6.07) is 5.74. The maximum atomic E-state index is 13.4. The molecule has 0 saturated heterocycles. The van der Waals surface area contributed by atoms with Crippen molar-refractivity contribution in [3.8, 4) is 0 Å². The fraction of sp³-hybridized carbons (Fsp3) is 0.214. The molecule has 0 fully saturated rings. The van der Waals surface area contributed by atoms with Crippen LogP contribution in [-0.4, -0.2) is 13.1 Å². The molecule has 0 saturated carbocycles. The molecule has 1 atom stereocenters. The van der Waals surface area contributed by atoms with E-state index in [-0.39, 0.29) is 5.82 Å². The zero-order valence-corrected chi connectivity index (χ0v) is 13.3. The van der Waals surface area contributed by atoms with Crippen molar-refractivity contribution < 1.29 is 13.9 Å². The highest BCUT2D eigenvalue weighted by atomic mass is 79.9. The van der Waals surface area contributed by atoms with Crippen molar-refractivity contribution in [2.45, 2.75) is 13.0 Å². The number of carbonyl (C=O) groups is 1. The number of aryl methyl sites for hydroxylation is 1. The summed E-state index contributed by atoms with van der Waals surface area (Å²) in [7, 11) is 1.33. The summed E-state index contributed by atoms with van der Waals surface area (Å²) in [6.07, 6.45) is 0. The summed E-state index contributed by atoms with van der Waals surface area (Å²) >= 11 is 4.82. The number of nitrogens with one attached hydrogen (secondary N) is 1. The third-order valence-electron chi connectivity index (χ3n) is 2.70. The molecular formula is C14H13BrFNO2S. The summed E-state index contributed by atoms with van der Waals surface area (Å²) in [5, 5.41) is 4.89. The number of anilines is 1. The van der Waals surface area contributed by atoms with E-state index in [0.29, 0.717) is 5.69 Å². The molecule has 3 nitrogen and oxygen atoms in total. The Labute approximate surface area is 128 Å². The smallest absolute Gasteiger partial charge is 0.333 e. The van der Waals surface area contributed by atoms with Crippen molar-refractivity contribution in [2.75, 3.05) is 12.4 Å². The maximum absolute atomic E-state index is 13.4. The van der Waals surface area contributed by atoms with Crippen molar-refractivity contribution in [2.24, 2.45) is 0 Å². The Balaban J connectivity index is 2.33. The standard InChI is InChI=1S/C14H13BrFNO2S/c1-8-5-9(16)7-10(6-8)17-12(14(18)19-2)13-11(15)3-4-20-13/h3-7,12,17H,1-2H3. The lowest BCUT2D eigenvalue weighted by atomic mass is 10.2. The first kappa shape index (κ1) is 15.0. The number of thiophene rings is 1. The van der Waals surface area contributed by atoms with Crippen molar-refractivity contribution in [3.05, 3.63) is 50.4 Å². The van der Waals surface area contributed by atoms with Gasteiger partial charge in [-0.1, -0.05) is 0 Å². The van der Waals surface area contributed by atoms with E-state index in [2.05, 4.69) is 21.2 Å². The van der Waals surface area contributed by atoms with E-state index >= 15 is 0 Å². The minimum Gasteiger partial charge on any atom is -0.467 e. The molecule has 0 aliphatic heterocycles. The highest BCUT2D eigenvalue weighted by molar-refractivity contribution is 9.10. The quantitative estimate of drug-likeness (QED) is 0.829. The zero-order chi connectivity index (χ0) is 14.7. The largest absolute Gasteiger partial charge is 0.467 e. The number of carbonyl (C=O) groups excluding carboxylic acids is 1. The van der Waals surface area contributed by atoms with Crippen LogP contribution in [0.3, 0.4) is 0 Å². The molecule has 0 aliphatic carbocycles. The monoisotopic (exact) mass is 357 g/mol. The van der Waals surface area contributed by atoms with Gasteiger partial charge in [-0.25, -0.2) is 9.18 Å². The molecule has 0 bridgehead atoms. The van der Waals surface area contributed by atoms with Crippen molar-refractivity contribution in [3.63, 3.8) is 0 Å². The molecule has 1 N–H and O–H groups in total. The van der Waals surface area contributed by atoms with E-state index in [1.54, 1.807) is 13.0 Å². The first-order valence-corrected chi connectivity index (χ1v) is 7.53. The van der Waals surface area contributed by atoms with Crippen LogP contribution in [0.25, 0.3) is 0 Å². The number of rotatable bonds is 4. The number of ether oxygens (including phenoxy) is 1. The van der Waals surface area contributed by atoms with Gasteiger partial charge in [-0.05, 0) is 58.1 Å². The van der Waals surface area contributed by atoms with Gasteiger partial charge in [0.15, 0.2) is 6.04 Å². The van der Waals surface area contributed by atoms with E-state index in [1.807, 2.05) is 11.4 Å². The van der Waals surface area contributed by atoms with E-state index in [4.69, 9.17) is 4.74 Å². The molecule has 0 radical (unpaired) electrons. The van der Waals surface area contributed by atoms with Crippen LogP contribution in [0.15, 0.2) is 34.1 Å². The molecule has 1 unspecified atom stereocenters. The van der Waals surface area contributed by atoms with Crippen LogP contribution >= 0.6 is 27.3 Å². The first-order chi connectivity index (χ1) is 9.51. The summed E-state index contributed by atoms with van der Waals surface area (Å²) < 4.78 is 19.1. The number of benzene rings is 1. The Bertz CT molecular complexity index is 609. The summed E-state index contributed by atoms with van der Waals surface area (Å²) in [5.41, 5.74) is 1.32. The Morgan fingerprint density at radius 3 is 2.75 bits per heavy atom. The third-order valence-corrected chi connectivity index (χ3v) is 4.63.